The zero-order valence-corrected chi connectivity index (χ0v) is 25.5. The number of hydrogen-bond donors (Lipinski definition) is 3. The first kappa shape index (κ1) is 38.6. The molecule has 1 heterocycles. The van der Waals surface area contributed by atoms with Gasteiger partial charge in [0.05, 0.1) is 11.4 Å². The summed E-state index contributed by atoms with van der Waals surface area (Å²) in [6, 6.07) is 9.14. The number of nitrogens with zero attached hydrogens (tertiary/aromatic N) is 2. The van der Waals surface area contributed by atoms with Crippen LogP contribution in [0.2, 0.25) is 0 Å². The summed E-state index contributed by atoms with van der Waals surface area (Å²) in [5, 5.41) is 2.31. The fourth-order valence-electron chi connectivity index (χ4n) is 4.23. The molecule has 0 aliphatic carbocycles. The van der Waals surface area contributed by atoms with E-state index in [1.165, 1.54) is 25.1 Å². The number of benzodiazepines with no additional fused rings is 1. The number of esters is 1. The number of amides is 3. The van der Waals surface area contributed by atoms with Gasteiger partial charge in [0.25, 0.3) is 5.91 Å². The molecule has 0 aromatic heterocycles. The highest BCUT2D eigenvalue weighted by atomic mass is 19.4. The van der Waals surface area contributed by atoms with Gasteiger partial charge in [-0.1, -0.05) is 37.3 Å². The smallest absolute Gasteiger partial charge is 0.389 e. The molecule has 0 spiro atoms. The molecule has 3 unspecified atom stereocenters. The van der Waals surface area contributed by atoms with Gasteiger partial charge < -0.3 is 21.5 Å². The number of aryl methyl sites for hydroxylation is 1. The van der Waals surface area contributed by atoms with Gasteiger partial charge in [-0.05, 0) is 38.0 Å². The summed E-state index contributed by atoms with van der Waals surface area (Å²) in [7, 11) is 0. The highest BCUT2D eigenvalue weighted by molar-refractivity contribution is 6.20. The summed E-state index contributed by atoms with van der Waals surface area (Å²) >= 11 is 0. The van der Waals surface area contributed by atoms with Gasteiger partial charge in [-0.3, -0.25) is 24.1 Å². The quantitative estimate of drug-likeness (QED) is 0.250. The van der Waals surface area contributed by atoms with Crippen LogP contribution in [0.3, 0.4) is 0 Å². The lowest BCUT2D eigenvalue weighted by molar-refractivity contribution is -0.146. The largest absolute Gasteiger partial charge is 0.443 e. The lowest BCUT2D eigenvalue weighted by Crippen LogP contribution is -2.50. The van der Waals surface area contributed by atoms with Crippen LogP contribution in [-0.2, 0) is 23.9 Å². The summed E-state index contributed by atoms with van der Waals surface area (Å²) in [6.45, 7) is 3.47. The number of nitrogens with two attached hydrogens (primary N) is 2. The first-order valence-corrected chi connectivity index (χ1v) is 14.1. The van der Waals surface area contributed by atoms with Gasteiger partial charge in [0, 0.05) is 36.3 Å². The Bertz CT molecular complexity index is 1480. The maximum atomic E-state index is 14.2. The minimum Gasteiger partial charge on any atom is -0.443 e. The molecule has 0 saturated carbocycles. The number of fused-ring (bicyclic) bond motifs is 1. The van der Waals surface area contributed by atoms with Crippen molar-refractivity contribution in [2.75, 3.05) is 11.6 Å². The Labute approximate surface area is 265 Å². The monoisotopic (exact) mass is 677 g/mol. The van der Waals surface area contributed by atoms with E-state index in [-0.39, 0.29) is 17.0 Å². The van der Waals surface area contributed by atoms with E-state index >= 15 is 0 Å². The van der Waals surface area contributed by atoms with Crippen molar-refractivity contribution in [1.29, 1.82) is 0 Å². The Morgan fingerprint density at radius 3 is 2.21 bits per heavy atom. The predicted octanol–water partition coefficient (Wildman–Crippen LogP) is 4.40. The van der Waals surface area contributed by atoms with Gasteiger partial charge in [-0.2, -0.15) is 26.3 Å². The predicted molar refractivity (Wildman–Crippen MR) is 156 cm³/mol. The second-order valence-corrected chi connectivity index (χ2v) is 10.5. The van der Waals surface area contributed by atoms with Gasteiger partial charge in [0.1, 0.15) is 11.9 Å². The number of primary amides is 1. The number of alkyl halides is 6. The molecule has 0 bridgehead atoms. The number of nitrogens with one attached hydrogen (secondary N) is 1. The Kier molecular flexibility index (Phi) is 13.4. The average molecular weight is 678 g/mol. The second kappa shape index (κ2) is 16.3. The summed E-state index contributed by atoms with van der Waals surface area (Å²) in [6.07, 6.45) is -13.9. The molecule has 0 fully saturated rings. The Balaban J connectivity index is 0.00000117. The number of ether oxygens (including phenoxy) is 1. The third-order valence-corrected chi connectivity index (χ3v) is 6.60. The third-order valence-electron chi connectivity index (χ3n) is 6.60. The highest BCUT2D eigenvalue weighted by Crippen LogP contribution is 2.32. The van der Waals surface area contributed by atoms with Crippen molar-refractivity contribution in [2.24, 2.45) is 22.4 Å². The minimum absolute atomic E-state index is 0.0737. The Morgan fingerprint density at radius 2 is 1.68 bits per heavy atom. The van der Waals surface area contributed by atoms with Gasteiger partial charge >= 0.3 is 18.3 Å². The van der Waals surface area contributed by atoms with Crippen LogP contribution in [0.15, 0.2) is 47.5 Å². The van der Waals surface area contributed by atoms with Crippen molar-refractivity contribution in [3.8, 4) is 0 Å². The molecule has 0 saturated heterocycles. The molecule has 17 heteroatoms. The highest BCUT2D eigenvalue weighted by Gasteiger charge is 2.37. The van der Waals surface area contributed by atoms with E-state index in [4.69, 9.17) is 16.2 Å². The normalized spacial score (nSPS) is 16.1. The van der Waals surface area contributed by atoms with Crippen LogP contribution in [0.1, 0.15) is 56.2 Å². The molecule has 5 N–H and O–H groups in total. The number of benzene rings is 2. The molecule has 3 atom stereocenters. The van der Waals surface area contributed by atoms with E-state index in [0.717, 1.165) is 17.9 Å². The Hall–Kier alpha value is -4.54. The molecular formula is C30H34F7N5O5. The molecular weight excluding hydrogens is 643 g/mol. The van der Waals surface area contributed by atoms with Crippen molar-refractivity contribution < 1.29 is 54.6 Å². The number of para-hydroxylation sites is 1. The van der Waals surface area contributed by atoms with Gasteiger partial charge in [-0.25, -0.2) is 9.38 Å². The zero-order chi connectivity index (χ0) is 35.7. The standard InChI is InChI=1S/C27H29F4N5O5.C3H5F3/c1-14-5-3-8-19-21(16-6-4-7-18(28)11-16)34-23(25(39)36(22(14)19)13-41-26(40)15(2)32)35-24(38)17(12-20(33)37)9-10-27(29,30)31;1-2-3(4,5)6/h3-8,11,15,17,23H,9-10,12-13,32H2,1-2H3,(H2,33,37)(H,35,38);2H2,1H3. The van der Waals surface area contributed by atoms with Gasteiger partial charge in [0.2, 0.25) is 18.0 Å². The lowest BCUT2D eigenvalue weighted by Gasteiger charge is -2.27. The minimum atomic E-state index is -4.61. The summed E-state index contributed by atoms with van der Waals surface area (Å²) in [4.78, 5) is 56.0. The van der Waals surface area contributed by atoms with Crippen LogP contribution < -0.4 is 21.7 Å². The molecule has 0 radical (unpaired) electrons. The fourth-order valence-corrected chi connectivity index (χ4v) is 4.23. The number of hydrogen-bond acceptors (Lipinski definition) is 7. The number of aliphatic imine (C=N–C) groups is 1. The van der Waals surface area contributed by atoms with Crippen molar-refractivity contribution in [3.05, 3.63) is 65.0 Å². The van der Waals surface area contributed by atoms with E-state index < -0.39 is 92.4 Å². The molecule has 1 aliphatic heterocycles. The summed E-state index contributed by atoms with van der Waals surface area (Å²) in [5.41, 5.74) is 12.1. The summed E-state index contributed by atoms with van der Waals surface area (Å²) < 4.78 is 90.5. The van der Waals surface area contributed by atoms with Crippen LogP contribution in [0, 0.1) is 18.7 Å². The number of rotatable bonds is 10. The molecule has 1 aliphatic rings. The van der Waals surface area contributed by atoms with E-state index in [0.29, 0.717) is 11.1 Å². The lowest BCUT2D eigenvalue weighted by atomic mass is 9.97. The Morgan fingerprint density at radius 1 is 1.06 bits per heavy atom. The van der Waals surface area contributed by atoms with E-state index in [2.05, 4.69) is 10.3 Å². The van der Waals surface area contributed by atoms with E-state index in [1.807, 2.05) is 0 Å². The van der Waals surface area contributed by atoms with Crippen molar-refractivity contribution in [3.63, 3.8) is 0 Å². The molecule has 3 rings (SSSR count). The molecule has 258 valence electrons. The number of halogens is 7. The number of carbonyl (C=O) groups excluding carboxylic acids is 4. The van der Waals surface area contributed by atoms with Crippen molar-refractivity contribution >= 4 is 35.1 Å². The fraction of sp³-hybridized carbons (Fsp3) is 0.433. The third kappa shape index (κ3) is 12.0. The summed E-state index contributed by atoms with van der Waals surface area (Å²) in [5.74, 6) is -5.98. The first-order valence-electron chi connectivity index (χ1n) is 14.1. The second-order valence-electron chi connectivity index (χ2n) is 10.5. The number of carbonyl (C=O) groups is 4. The molecule has 10 nitrogen and oxygen atoms in total. The maximum absolute atomic E-state index is 14.2. The van der Waals surface area contributed by atoms with Gasteiger partial charge in [0.15, 0.2) is 6.73 Å². The first-order chi connectivity index (χ1) is 21.7. The van der Waals surface area contributed by atoms with Gasteiger partial charge in [-0.15, -0.1) is 0 Å². The zero-order valence-electron chi connectivity index (χ0n) is 25.5. The average Bonchev–Trinajstić information content (AvgIpc) is 3.08. The topological polar surface area (TPSA) is 157 Å². The number of anilines is 1. The van der Waals surface area contributed by atoms with Crippen LogP contribution in [0.5, 0.6) is 0 Å². The van der Waals surface area contributed by atoms with E-state index in [9.17, 15) is 49.9 Å². The van der Waals surface area contributed by atoms with Crippen LogP contribution in [0.25, 0.3) is 0 Å². The van der Waals surface area contributed by atoms with Crippen molar-refractivity contribution in [2.45, 2.75) is 71.0 Å². The van der Waals surface area contributed by atoms with Crippen LogP contribution in [0.4, 0.5) is 36.4 Å². The molecule has 3 amide bonds. The van der Waals surface area contributed by atoms with Crippen LogP contribution in [-0.4, -0.2) is 60.7 Å². The molecule has 47 heavy (non-hydrogen) atoms. The maximum Gasteiger partial charge on any atom is 0.389 e. The van der Waals surface area contributed by atoms with Crippen molar-refractivity contribution in [1.82, 2.24) is 5.32 Å². The molecule has 2 aromatic carbocycles. The van der Waals surface area contributed by atoms with E-state index in [1.54, 1.807) is 25.1 Å². The van der Waals surface area contributed by atoms with Crippen LogP contribution >= 0.6 is 0 Å². The SMILES string of the molecule is CCC(F)(F)F.Cc1cccc2c1N(COC(=O)C(C)N)C(=O)C(NC(=O)C(CCC(F)(F)F)CC(N)=O)N=C2c1cccc(F)c1. The molecule has 2 aromatic rings.